The molecule has 1 aromatic heterocycles. The van der Waals surface area contributed by atoms with Crippen LogP contribution in [0.2, 0.25) is 0 Å². The van der Waals surface area contributed by atoms with E-state index in [1.807, 2.05) is 24.3 Å². The van der Waals surface area contributed by atoms with Crippen molar-refractivity contribution in [1.82, 2.24) is 10.3 Å². The Morgan fingerprint density at radius 1 is 1.07 bits per heavy atom. The second kappa shape index (κ2) is 8.52. The number of ether oxygens (including phenoxy) is 1. The van der Waals surface area contributed by atoms with E-state index in [1.54, 1.807) is 18.2 Å². The Morgan fingerprint density at radius 2 is 1.75 bits per heavy atom. The van der Waals surface area contributed by atoms with Gasteiger partial charge in [0, 0.05) is 18.8 Å². The van der Waals surface area contributed by atoms with E-state index in [1.165, 1.54) is 5.56 Å². The largest absolute Gasteiger partial charge is 0.376 e. The van der Waals surface area contributed by atoms with Crippen molar-refractivity contribution in [3.8, 4) is 0 Å². The molecule has 3 rings (SSSR count). The Morgan fingerprint density at radius 3 is 2.36 bits per heavy atom. The van der Waals surface area contributed by atoms with Gasteiger partial charge in [0.2, 0.25) is 0 Å². The van der Waals surface area contributed by atoms with Crippen LogP contribution in [0.25, 0.3) is 0 Å². The van der Waals surface area contributed by atoms with Gasteiger partial charge in [-0.2, -0.15) is 0 Å². The van der Waals surface area contributed by atoms with Crippen molar-refractivity contribution in [3.63, 3.8) is 0 Å². The van der Waals surface area contributed by atoms with Crippen molar-refractivity contribution in [2.24, 2.45) is 0 Å². The highest BCUT2D eigenvalue weighted by atomic mass is 16.5. The quantitative estimate of drug-likeness (QED) is 0.830. The van der Waals surface area contributed by atoms with Gasteiger partial charge in [0.15, 0.2) is 0 Å². The van der Waals surface area contributed by atoms with E-state index in [2.05, 4.69) is 36.4 Å². The first kappa shape index (κ1) is 20.0. The molecule has 28 heavy (non-hydrogen) atoms. The number of benzene rings is 1. The summed E-state index contributed by atoms with van der Waals surface area (Å²) in [6.07, 6.45) is 2.03. The molecule has 1 fully saturated rings. The number of nitrogens with one attached hydrogen (secondary N) is 2. The number of anilines is 1. The number of rotatable bonds is 5. The standard InChI is InChI=1S/C22H27N3O3/c1-22(2,3)15-9-11-16(12-10-15)24-21(27)19-8-4-7-18(25-19)20(26)23-14-17-6-5-13-28-17/h4,7-12,17H,5-6,13-14H2,1-3H3,(H,23,26)(H,24,27). The molecule has 2 N–H and O–H groups in total. The summed E-state index contributed by atoms with van der Waals surface area (Å²) in [7, 11) is 0. The zero-order valence-corrected chi connectivity index (χ0v) is 16.6. The van der Waals surface area contributed by atoms with Gasteiger partial charge in [0.1, 0.15) is 11.4 Å². The predicted octanol–water partition coefficient (Wildman–Crippen LogP) is 3.54. The maximum Gasteiger partial charge on any atom is 0.274 e. The minimum atomic E-state index is -0.350. The van der Waals surface area contributed by atoms with Crippen molar-refractivity contribution < 1.29 is 14.3 Å². The van der Waals surface area contributed by atoms with Crippen molar-refractivity contribution in [2.75, 3.05) is 18.5 Å². The van der Waals surface area contributed by atoms with Gasteiger partial charge in [-0.15, -0.1) is 0 Å². The lowest BCUT2D eigenvalue weighted by molar-refractivity contribution is 0.0853. The zero-order valence-electron chi connectivity index (χ0n) is 16.6. The first-order valence-corrected chi connectivity index (χ1v) is 9.62. The Kier molecular flexibility index (Phi) is 6.09. The molecular weight excluding hydrogens is 354 g/mol. The van der Waals surface area contributed by atoms with Gasteiger partial charge in [-0.05, 0) is 48.1 Å². The lowest BCUT2D eigenvalue weighted by Gasteiger charge is -2.19. The van der Waals surface area contributed by atoms with Gasteiger partial charge in [0.05, 0.1) is 6.10 Å². The van der Waals surface area contributed by atoms with E-state index in [4.69, 9.17) is 4.74 Å². The summed E-state index contributed by atoms with van der Waals surface area (Å²) in [6, 6.07) is 12.6. The molecule has 2 aromatic rings. The zero-order chi connectivity index (χ0) is 20.1. The molecule has 0 aliphatic carbocycles. The van der Waals surface area contributed by atoms with Gasteiger partial charge in [-0.25, -0.2) is 4.98 Å². The number of hydrogen-bond donors (Lipinski definition) is 2. The van der Waals surface area contributed by atoms with Gasteiger partial charge in [-0.3, -0.25) is 9.59 Å². The maximum atomic E-state index is 12.5. The van der Waals surface area contributed by atoms with Gasteiger partial charge < -0.3 is 15.4 Å². The smallest absolute Gasteiger partial charge is 0.274 e. The van der Waals surface area contributed by atoms with Crippen LogP contribution in [-0.4, -0.2) is 36.1 Å². The van der Waals surface area contributed by atoms with Crippen molar-refractivity contribution in [1.29, 1.82) is 0 Å². The lowest BCUT2D eigenvalue weighted by Crippen LogP contribution is -2.32. The van der Waals surface area contributed by atoms with Crippen LogP contribution in [0.1, 0.15) is 60.2 Å². The molecule has 1 unspecified atom stereocenters. The van der Waals surface area contributed by atoms with Crippen LogP contribution in [0.15, 0.2) is 42.5 Å². The molecule has 1 aromatic carbocycles. The molecular formula is C22H27N3O3. The summed E-state index contributed by atoms with van der Waals surface area (Å²) in [5.41, 5.74) is 2.34. The second-order valence-electron chi connectivity index (χ2n) is 8.03. The Labute approximate surface area is 165 Å². The molecule has 0 radical (unpaired) electrons. The minimum Gasteiger partial charge on any atom is -0.376 e. The van der Waals surface area contributed by atoms with Crippen LogP contribution < -0.4 is 10.6 Å². The number of nitrogens with zero attached hydrogens (tertiary/aromatic N) is 1. The predicted molar refractivity (Wildman–Crippen MR) is 109 cm³/mol. The number of amides is 2. The maximum absolute atomic E-state index is 12.5. The molecule has 0 bridgehead atoms. The molecule has 0 saturated carbocycles. The number of carbonyl (C=O) groups excluding carboxylic acids is 2. The Balaban J connectivity index is 1.62. The number of pyridine rings is 1. The van der Waals surface area contributed by atoms with Crippen molar-refractivity contribution in [3.05, 3.63) is 59.4 Å². The van der Waals surface area contributed by atoms with E-state index < -0.39 is 0 Å². The summed E-state index contributed by atoms with van der Waals surface area (Å²) in [6.45, 7) is 7.61. The molecule has 6 nitrogen and oxygen atoms in total. The highest BCUT2D eigenvalue weighted by molar-refractivity contribution is 6.03. The first-order chi connectivity index (χ1) is 13.3. The Hall–Kier alpha value is -2.73. The fourth-order valence-electron chi connectivity index (χ4n) is 3.04. The Bertz CT molecular complexity index is 835. The average molecular weight is 381 g/mol. The topological polar surface area (TPSA) is 80.3 Å². The number of aromatic nitrogens is 1. The third kappa shape index (κ3) is 5.16. The van der Waals surface area contributed by atoms with Crippen LogP contribution in [0.5, 0.6) is 0 Å². The molecule has 1 aliphatic rings. The van der Waals surface area contributed by atoms with E-state index in [0.29, 0.717) is 12.2 Å². The monoisotopic (exact) mass is 381 g/mol. The second-order valence-corrected chi connectivity index (χ2v) is 8.03. The van der Waals surface area contributed by atoms with E-state index in [0.717, 1.165) is 19.4 Å². The normalized spacial score (nSPS) is 16.6. The van der Waals surface area contributed by atoms with Crippen molar-refractivity contribution >= 4 is 17.5 Å². The van der Waals surface area contributed by atoms with Gasteiger partial charge in [0.25, 0.3) is 11.8 Å². The summed E-state index contributed by atoms with van der Waals surface area (Å²) in [5.74, 6) is -0.656. The van der Waals surface area contributed by atoms with Crippen LogP contribution >= 0.6 is 0 Å². The third-order valence-corrected chi connectivity index (χ3v) is 4.74. The molecule has 1 saturated heterocycles. The SMILES string of the molecule is CC(C)(C)c1ccc(NC(=O)c2cccc(C(=O)NCC3CCCO3)n2)cc1. The van der Waals surface area contributed by atoms with Crippen molar-refractivity contribution in [2.45, 2.75) is 45.1 Å². The van der Waals surface area contributed by atoms with Crippen LogP contribution in [-0.2, 0) is 10.2 Å². The highest BCUT2D eigenvalue weighted by Gasteiger charge is 2.18. The third-order valence-electron chi connectivity index (χ3n) is 4.74. The van der Waals surface area contributed by atoms with Gasteiger partial charge in [-0.1, -0.05) is 39.0 Å². The van der Waals surface area contributed by atoms with E-state index >= 15 is 0 Å². The minimum absolute atomic E-state index is 0.0509. The fraction of sp³-hybridized carbons (Fsp3) is 0.409. The van der Waals surface area contributed by atoms with Crippen LogP contribution in [0.3, 0.4) is 0 Å². The summed E-state index contributed by atoms with van der Waals surface area (Å²) < 4.78 is 5.50. The molecule has 1 atom stereocenters. The molecule has 0 spiro atoms. The molecule has 148 valence electrons. The van der Waals surface area contributed by atoms with Gasteiger partial charge >= 0.3 is 0 Å². The molecule has 2 amide bonds. The van der Waals surface area contributed by atoms with E-state index in [9.17, 15) is 9.59 Å². The summed E-state index contributed by atoms with van der Waals surface area (Å²) in [5, 5.41) is 5.65. The molecule has 6 heteroatoms. The summed E-state index contributed by atoms with van der Waals surface area (Å²) in [4.78, 5) is 29.0. The molecule has 1 aliphatic heterocycles. The molecule has 2 heterocycles. The first-order valence-electron chi connectivity index (χ1n) is 9.62. The van der Waals surface area contributed by atoms with Crippen LogP contribution in [0, 0.1) is 0 Å². The number of hydrogen-bond acceptors (Lipinski definition) is 4. The number of carbonyl (C=O) groups is 2. The highest BCUT2D eigenvalue weighted by Crippen LogP contribution is 2.23. The fourth-order valence-corrected chi connectivity index (χ4v) is 3.04. The van der Waals surface area contributed by atoms with Crippen LogP contribution in [0.4, 0.5) is 5.69 Å². The summed E-state index contributed by atoms with van der Waals surface area (Å²) >= 11 is 0. The lowest BCUT2D eigenvalue weighted by atomic mass is 9.87. The average Bonchev–Trinajstić information content (AvgIpc) is 3.19. The van der Waals surface area contributed by atoms with E-state index in [-0.39, 0.29) is 34.7 Å².